The van der Waals surface area contributed by atoms with Gasteiger partial charge in [0.15, 0.2) is 0 Å². The fraction of sp³-hybridized carbons (Fsp3) is 0.545. The fourth-order valence-electron chi connectivity index (χ4n) is 3.19. The molecule has 0 bridgehead atoms. The number of nitrogens with zero attached hydrogens (tertiary/aromatic N) is 2. The number of anilines is 1. The van der Waals surface area contributed by atoms with E-state index in [0.29, 0.717) is 13.2 Å². The molecule has 0 spiro atoms. The van der Waals surface area contributed by atoms with Gasteiger partial charge in [-0.1, -0.05) is 51.7 Å². The van der Waals surface area contributed by atoms with E-state index in [1.807, 2.05) is 6.92 Å². The molecule has 0 aliphatic carbocycles. The first-order valence-corrected chi connectivity index (χ1v) is 10.8. The van der Waals surface area contributed by atoms with E-state index in [4.69, 9.17) is 4.74 Å². The van der Waals surface area contributed by atoms with Crippen LogP contribution in [-0.4, -0.2) is 23.1 Å². The maximum atomic E-state index is 5.96. The van der Waals surface area contributed by atoms with E-state index in [9.17, 15) is 0 Å². The van der Waals surface area contributed by atoms with Gasteiger partial charge in [-0.25, -0.2) is 9.97 Å². The van der Waals surface area contributed by atoms with Crippen molar-refractivity contribution < 1.29 is 4.74 Å². The van der Waals surface area contributed by atoms with E-state index in [1.54, 1.807) is 6.33 Å². The van der Waals surface area contributed by atoms with Crippen LogP contribution in [0.4, 0.5) is 5.82 Å². The van der Waals surface area contributed by atoms with Crippen molar-refractivity contribution in [1.29, 1.82) is 0 Å². The monoisotopic (exact) mass is 433 g/mol. The van der Waals surface area contributed by atoms with Crippen molar-refractivity contribution in [3.05, 3.63) is 45.8 Å². The Balaban J connectivity index is 1.84. The zero-order valence-corrected chi connectivity index (χ0v) is 18.6. The van der Waals surface area contributed by atoms with Gasteiger partial charge in [0, 0.05) is 0 Å². The molecule has 0 aliphatic heterocycles. The second-order valence-electron chi connectivity index (χ2n) is 7.12. The molecule has 1 unspecified atom stereocenters. The number of halogens is 1. The SMILES string of the molecule is CCCCC(CC)Cc1ccc(OCCNc2ncnc(C)c2Br)c(C)c1. The quantitative estimate of drug-likeness (QED) is 0.434. The zero-order chi connectivity index (χ0) is 19.6. The molecule has 1 heterocycles. The van der Waals surface area contributed by atoms with E-state index in [2.05, 4.69) is 70.2 Å². The summed E-state index contributed by atoms with van der Waals surface area (Å²) in [4.78, 5) is 8.39. The van der Waals surface area contributed by atoms with E-state index < -0.39 is 0 Å². The molecular formula is C22H32BrN3O. The number of unbranched alkanes of at least 4 members (excludes halogenated alkanes) is 1. The third-order valence-corrected chi connectivity index (χ3v) is 5.87. The van der Waals surface area contributed by atoms with Crippen LogP contribution >= 0.6 is 15.9 Å². The standard InChI is InChI=1S/C22H32BrN3O/c1-5-7-8-18(6-2)14-19-9-10-20(16(3)13-19)27-12-11-24-22-21(23)17(4)25-15-26-22/h9-10,13,15,18H,5-8,11-12,14H2,1-4H3,(H,24,25,26). The second-order valence-corrected chi connectivity index (χ2v) is 7.91. The molecule has 148 valence electrons. The van der Waals surface area contributed by atoms with Gasteiger partial charge in [0.25, 0.3) is 0 Å². The van der Waals surface area contributed by atoms with E-state index in [-0.39, 0.29) is 0 Å². The highest BCUT2D eigenvalue weighted by atomic mass is 79.9. The molecule has 1 N–H and O–H groups in total. The summed E-state index contributed by atoms with van der Waals surface area (Å²) >= 11 is 3.51. The minimum absolute atomic E-state index is 0.587. The van der Waals surface area contributed by atoms with Crippen LogP contribution in [0.15, 0.2) is 29.0 Å². The highest BCUT2D eigenvalue weighted by Crippen LogP contribution is 2.24. The minimum atomic E-state index is 0.587. The molecule has 5 heteroatoms. The lowest BCUT2D eigenvalue weighted by Gasteiger charge is -2.16. The number of ether oxygens (including phenoxy) is 1. The molecular weight excluding hydrogens is 402 g/mol. The Kier molecular flexibility index (Phi) is 9.05. The van der Waals surface area contributed by atoms with Gasteiger partial charge >= 0.3 is 0 Å². The van der Waals surface area contributed by atoms with Crippen LogP contribution in [-0.2, 0) is 6.42 Å². The topological polar surface area (TPSA) is 47.0 Å². The summed E-state index contributed by atoms with van der Waals surface area (Å²) in [5.74, 6) is 2.55. The van der Waals surface area contributed by atoms with Crippen molar-refractivity contribution in [3.63, 3.8) is 0 Å². The number of hydrogen-bond acceptors (Lipinski definition) is 4. The average molecular weight is 434 g/mol. The highest BCUT2D eigenvalue weighted by molar-refractivity contribution is 9.10. The van der Waals surface area contributed by atoms with E-state index >= 15 is 0 Å². The first-order chi connectivity index (χ1) is 13.0. The van der Waals surface area contributed by atoms with Crippen molar-refractivity contribution >= 4 is 21.7 Å². The van der Waals surface area contributed by atoms with Crippen LogP contribution in [0.1, 0.15) is 56.4 Å². The lowest BCUT2D eigenvalue weighted by Crippen LogP contribution is -2.13. The Bertz CT molecular complexity index is 721. The molecule has 1 aromatic carbocycles. The van der Waals surface area contributed by atoms with Crippen molar-refractivity contribution in [3.8, 4) is 5.75 Å². The molecule has 0 amide bonds. The average Bonchev–Trinajstić information content (AvgIpc) is 2.66. The predicted octanol–water partition coefficient (Wildman–Crippen LogP) is 6.11. The summed E-state index contributed by atoms with van der Waals surface area (Å²) in [5, 5.41) is 3.29. The van der Waals surface area contributed by atoms with Crippen LogP contribution in [0.3, 0.4) is 0 Å². The summed E-state index contributed by atoms with van der Waals surface area (Å²) in [6.45, 7) is 9.92. The summed E-state index contributed by atoms with van der Waals surface area (Å²) < 4.78 is 6.86. The summed E-state index contributed by atoms with van der Waals surface area (Å²) in [5.41, 5.74) is 3.54. The summed E-state index contributed by atoms with van der Waals surface area (Å²) in [6.07, 6.45) is 7.92. The molecule has 1 atom stereocenters. The van der Waals surface area contributed by atoms with Crippen LogP contribution in [0.25, 0.3) is 0 Å². The number of hydrogen-bond donors (Lipinski definition) is 1. The van der Waals surface area contributed by atoms with Crippen molar-refractivity contribution in [1.82, 2.24) is 9.97 Å². The smallest absolute Gasteiger partial charge is 0.144 e. The van der Waals surface area contributed by atoms with Crippen molar-refractivity contribution in [2.45, 2.75) is 59.8 Å². The number of nitrogens with one attached hydrogen (secondary N) is 1. The molecule has 0 saturated heterocycles. The maximum absolute atomic E-state index is 5.96. The summed E-state index contributed by atoms with van der Waals surface area (Å²) in [6, 6.07) is 6.61. The largest absolute Gasteiger partial charge is 0.491 e. The van der Waals surface area contributed by atoms with Crippen LogP contribution in [0.5, 0.6) is 5.75 Å². The lowest BCUT2D eigenvalue weighted by molar-refractivity contribution is 0.330. The van der Waals surface area contributed by atoms with E-state index in [0.717, 1.165) is 27.7 Å². The van der Waals surface area contributed by atoms with Crippen molar-refractivity contribution in [2.24, 2.45) is 5.92 Å². The lowest BCUT2D eigenvalue weighted by atomic mass is 9.91. The normalized spacial score (nSPS) is 12.0. The zero-order valence-electron chi connectivity index (χ0n) is 17.0. The Labute approximate surface area is 172 Å². The number of aryl methyl sites for hydroxylation is 2. The fourth-order valence-corrected chi connectivity index (χ4v) is 3.53. The van der Waals surface area contributed by atoms with Gasteiger partial charge in [0.1, 0.15) is 24.5 Å². The molecule has 0 saturated carbocycles. The Hall–Kier alpha value is -1.62. The van der Waals surface area contributed by atoms with Crippen LogP contribution < -0.4 is 10.1 Å². The molecule has 0 aliphatic rings. The van der Waals surface area contributed by atoms with Gasteiger partial charge in [-0.05, 0) is 59.3 Å². The Morgan fingerprint density at radius 3 is 2.70 bits per heavy atom. The first-order valence-electron chi connectivity index (χ1n) is 9.98. The van der Waals surface area contributed by atoms with Crippen LogP contribution in [0, 0.1) is 19.8 Å². The molecule has 27 heavy (non-hydrogen) atoms. The first kappa shape index (κ1) is 21.7. The second kappa shape index (κ2) is 11.3. The Morgan fingerprint density at radius 2 is 2.00 bits per heavy atom. The number of rotatable bonds is 11. The maximum Gasteiger partial charge on any atom is 0.144 e. The predicted molar refractivity (Wildman–Crippen MR) is 117 cm³/mol. The molecule has 2 rings (SSSR count). The minimum Gasteiger partial charge on any atom is -0.491 e. The third kappa shape index (κ3) is 6.80. The molecule has 4 nitrogen and oxygen atoms in total. The van der Waals surface area contributed by atoms with Crippen molar-refractivity contribution in [2.75, 3.05) is 18.5 Å². The highest BCUT2D eigenvalue weighted by Gasteiger charge is 2.09. The van der Waals surface area contributed by atoms with Gasteiger partial charge < -0.3 is 10.1 Å². The van der Waals surface area contributed by atoms with Gasteiger partial charge in [-0.3, -0.25) is 0 Å². The third-order valence-electron chi connectivity index (χ3n) is 4.92. The molecule has 0 fully saturated rings. The van der Waals surface area contributed by atoms with Gasteiger partial charge in [-0.15, -0.1) is 0 Å². The molecule has 2 aromatic rings. The number of benzene rings is 1. The molecule has 0 radical (unpaired) electrons. The Morgan fingerprint density at radius 1 is 1.19 bits per heavy atom. The van der Waals surface area contributed by atoms with E-state index in [1.165, 1.54) is 43.2 Å². The molecule has 1 aromatic heterocycles. The van der Waals surface area contributed by atoms with Gasteiger partial charge in [-0.2, -0.15) is 0 Å². The van der Waals surface area contributed by atoms with Gasteiger partial charge in [0.05, 0.1) is 16.7 Å². The van der Waals surface area contributed by atoms with Crippen LogP contribution in [0.2, 0.25) is 0 Å². The van der Waals surface area contributed by atoms with Gasteiger partial charge in [0.2, 0.25) is 0 Å². The summed E-state index contributed by atoms with van der Waals surface area (Å²) in [7, 11) is 0. The number of aromatic nitrogens is 2.